The minimum absolute atomic E-state index is 0.0253. The predicted molar refractivity (Wildman–Crippen MR) is 96.6 cm³/mol. The first-order chi connectivity index (χ1) is 10.9. The molecule has 1 aromatic carbocycles. The molecule has 1 rings (SSSR count). The van der Waals surface area contributed by atoms with E-state index < -0.39 is 8.07 Å². The van der Waals surface area contributed by atoms with Gasteiger partial charge >= 0.3 is 5.97 Å². The lowest BCUT2D eigenvalue weighted by molar-refractivity contribution is -0.141. The minimum atomic E-state index is -1.47. The Kier molecular flexibility index (Phi) is 7.56. The first-order valence-corrected chi connectivity index (χ1v) is 11.3. The summed E-state index contributed by atoms with van der Waals surface area (Å²) in [5, 5.41) is 0. The molecular weight excluding hydrogens is 306 g/mol. The predicted octanol–water partition coefficient (Wildman–Crippen LogP) is 3.94. The van der Waals surface area contributed by atoms with Crippen molar-refractivity contribution in [3.05, 3.63) is 29.8 Å². The monoisotopic (exact) mass is 331 g/mol. The van der Waals surface area contributed by atoms with E-state index in [4.69, 9.17) is 9.47 Å². The molecule has 0 amide bonds. The zero-order chi connectivity index (χ0) is 17.3. The van der Waals surface area contributed by atoms with E-state index in [1.807, 2.05) is 31.2 Å². The Morgan fingerprint density at radius 3 is 2.39 bits per heavy atom. The van der Waals surface area contributed by atoms with Crippen LogP contribution in [0.5, 0.6) is 0 Å². The lowest BCUT2D eigenvalue weighted by Gasteiger charge is -2.08. The van der Waals surface area contributed by atoms with Crippen LogP contribution < -0.4 is 0 Å². The van der Waals surface area contributed by atoms with E-state index in [9.17, 15) is 4.79 Å². The average Bonchev–Trinajstić information content (AvgIpc) is 2.46. The highest BCUT2D eigenvalue weighted by Crippen LogP contribution is 2.19. The summed E-state index contributed by atoms with van der Waals surface area (Å²) in [6, 6.07) is 7.63. The van der Waals surface area contributed by atoms with E-state index >= 15 is 0 Å². The average molecular weight is 331 g/mol. The molecule has 0 fully saturated rings. The van der Waals surface area contributed by atoms with Crippen molar-refractivity contribution in [1.82, 2.24) is 0 Å². The van der Waals surface area contributed by atoms with Gasteiger partial charge < -0.3 is 9.47 Å². The molecular formula is C18H25NO3Si. The quantitative estimate of drug-likeness (QED) is 0.270. The molecule has 23 heavy (non-hydrogen) atoms. The number of hydrogen-bond donors (Lipinski definition) is 0. The van der Waals surface area contributed by atoms with Gasteiger partial charge in [-0.1, -0.05) is 37.7 Å². The molecule has 0 bridgehead atoms. The molecule has 5 heteroatoms. The van der Waals surface area contributed by atoms with Crippen LogP contribution in [0.25, 0.3) is 0 Å². The molecule has 0 spiro atoms. The maximum atomic E-state index is 11.7. The summed E-state index contributed by atoms with van der Waals surface area (Å²) in [5.74, 6) is 3.22. The van der Waals surface area contributed by atoms with Gasteiger partial charge in [0.2, 0.25) is 0 Å². The van der Waals surface area contributed by atoms with Gasteiger partial charge in [-0.25, -0.2) is 4.99 Å². The molecule has 0 aromatic heterocycles. The first kappa shape index (κ1) is 19.0. The summed E-state index contributed by atoms with van der Waals surface area (Å²) in [6.45, 7) is 11.0. The number of para-hydroxylation sites is 1. The van der Waals surface area contributed by atoms with E-state index in [0.29, 0.717) is 24.8 Å². The zero-order valence-corrected chi connectivity index (χ0v) is 15.6. The number of carbonyl (C=O) groups is 1. The maximum Gasteiger partial charge on any atom is 0.315 e. The van der Waals surface area contributed by atoms with Gasteiger partial charge in [0.1, 0.15) is 14.5 Å². The van der Waals surface area contributed by atoms with Crippen molar-refractivity contribution in [2.24, 2.45) is 4.99 Å². The van der Waals surface area contributed by atoms with Gasteiger partial charge in [0, 0.05) is 5.56 Å². The molecule has 0 atom stereocenters. The van der Waals surface area contributed by atoms with Crippen LogP contribution >= 0.6 is 0 Å². The Morgan fingerprint density at radius 1 is 1.13 bits per heavy atom. The maximum absolute atomic E-state index is 11.7. The van der Waals surface area contributed by atoms with E-state index in [-0.39, 0.29) is 12.4 Å². The summed E-state index contributed by atoms with van der Waals surface area (Å²) in [7, 11) is -1.47. The SMILES string of the molecule is CCOC(=O)C/C(=N/c1ccccc1C#C[Si](C)(C)C)OCC. The van der Waals surface area contributed by atoms with Crippen LogP contribution in [-0.2, 0) is 14.3 Å². The number of benzene rings is 1. The number of carbonyl (C=O) groups excluding carboxylic acids is 1. The molecule has 0 saturated heterocycles. The second kappa shape index (κ2) is 9.16. The number of nitrogens with zero attached hydrogens (tertiary/aromatic N) is 1. The van der Waals surface area contributed by atoms with Crippen molar-refractivity contribution < 1.29 is 14.3 Å². The molecule has 0 aliphatic carbocycles. The number of esters is 1. The standard InChI is InChI=1S/C18H25NO3Si/c1-6-21-17(14-18(20)22-7-2)19-16-11-9-8-10-15(16)12-13-23(3,4)5/h8-11H,6-7,14H2,1-5H3/b19-17-. The molecule has 0 N–H and O–H groups in total. The third-order valence-electron chi connectivity index (χ3n) is 2.63. The van der Waals surface area contributed by atoms with Crippen LogP contribution in [0.4, 0.5) is 5.69 Å². The number of aliphatic imine (C=N–C) groups is 1. The second-order valence-corrected chi connectivity index (χ2v) is 10.7. The Labute approximate surface area is 139 Å². The molecule has 4 nitrogen and oxygen atoms in total. The van der Waals surface area contributed by atoms with Gasteiger partial charge in [-0.05, 0) is 26.0 Å². The van der Waals surface area contributed by atoms with E-state index in [1.54, 1.807) is 6.92 Å². The summed E-state index contributed by atoms with van der Waals surface area (Å²) in [4.78, 5) is 16.1. The lowest BCUT2D eigenvalue weighted by atomic mass is 10.2. The van der Waals surface area contributed by atoms with Gasteiger partial charge in [0.25, 0.3) is 0 Å². The van der Waals surface area contributed by atoms with Crippen molar-refractivity contribution >= 4 is 25.6 Å². The summed E-state index contributed by atoms with van der Waals surface area (Å²) in [6.07, 6.45) is 0.0253. The Hall–Kier alpha value is -2.06. The van der Waals surface area contributed by atoms with Gasteiger partial charge in [-0.15, -0.1) is 5.54 Å². The number of ether oxygens (including phenoxy) is 2. The van der Waals surface area contributed by atoms with Crippen LogP contribution in [0.1, 0.15) is 25.8 Å². The Morgan fingerprint density at radius 2 is 1.78 bits per heavy atom. The number of hydrogen-bond acceptors (Lipinski definition) is 4. The number of rotatable bonds is 5. The molecule has 124 valence electrons. The van der Waals surface area contributed by atoms with Crippen LogP contribution in [0.15, 0.2) is 29.3 Å². The van der Waals surface area contributed by atoms with Crippen molar-refractivity contribution in [2.75, 3.05) is 13.2 Å². The molecule has 1 aromatic rings. The molecule has 0 radical (unpaired) electrons. The second-order valence-electron chi connectivity index (χ2n) is 5.94. The van der Waals surface area contributed by atoms with E-state index in [1.165, 1.54) is 0 Å². The van der Waals surface area contributed by atoms with Gasteiger partial charge in [0.15, 0.2) is 5.90 Å². The molecule has 0 aliphatic rings. The third kappa shape index (κ3) is 7.66. The van der Waals surface area contributed by atoms with Crippen LogP contribution in [0, 0.1) is 11.5 Å². The van der Waals surface area contributed by atoms with Crippen molar-refractivity contribution in [3.8, 4) is 11.5 Å². The van der Waals surface area contributed by atoms with E-state index in [0.717, 1.165) is 5.56 Å². The van der Waals surface area contributed by atoms with Gasteiger partial charge in [-0.3, -0.25) is 4.79 Å². The largest absolute Gasteiger partial charge is 0.481 e. The van der Waals surface area contributed by atoms with Crippen molar-refractivity contribution in [1.29, 1.82) is 0 Å². The lowest BCUT2D eigenvalue weighted by Crippen LogP contribution is -2.16. The highest BCUT2D eigenvalue weighted by Gasteiger charge is 2.11. The first-order valence-electron chi connectivity index (χ1n) is 7.84. The van der Waals surface area contributed by atoms with Gasteiger partial charge in [0.05, 0.1) is 18.9 Å². The van der Waals surface area contributed by atoms with Crippen LogP contribution in [0.2, 0.25) is 19.6 Å². The highest BCUT2D eigenvalue weighted by atomic mass is 28.3. The smallest absolute Gasteiger partial charge is 0.315 e. The topological polar surface area (TPSA) is 47.9 Å². The molecule has 0 aliphatic heterocycles. The summed E-state index contributed by atoms with van der Waals surface area (Å²) >= 11 is 0. The Balaban J connectivity index is 3.10. The Bertz CT molecular complexity index is 621. The van der Waals surface area contributed by atoms with Crippen molar-refractivity contribution in [2.45, 2.75) is 39.9 Å². The van der Waals surface area contributed by atoms with E-state index in [2.05, 4.69) is 36.1 Å². The van der Waals surface area contributed by atoms with Gasteiger partial charge in [-0.2, -0.15) is 0 Å². The molecule has 0 saturated carbocycles. The normalized spacial score (nSPS) is 11.4. The molecule has 0 unspecified atom stereocenters. The van der Waals surface area contributed by atoms with Crippen molar-refractivity contribution in [3.63, 3.8) is 0 Å². The summed E-state index contributed by atoms with van der Waals surface area (Å²) in [5.41, 5.74) is 4.89. The fourth-order valence-electron chi connectivity index (χ4n) is 1.69. The zero-order valence-electron chi connectivity index (χ0n) is 14.6. The fourth-order valence-corrected chi connectivity index (χ4v) is 2.20. The summed E-state index contributed by atoms with van der Waals surface area (Å²) < 4.78 is 10.4. The molecule has 0 heterocycles. The highest BCUT2D eigenvalue weighted by molar-refractivity contribution is 6.83. The fraction of sp³-hybridized carbons (Fsp3) is 0.444. The third-order valence-corrected chi connectivity index (χ3v) is 3.51. The van der Waals surface area contributed by atoms with Crippen LogP contribution in [0.3, 0.4) is 0 Å². The van der Waals surface area contributed by atoms with Crippen LogP contribution in [-0.4, -0.2) is 33.2 Å². The minimum Gasteiger partial charge on any atom is -0.481 e.